The van der Waals surface area contributed by atoms with E-state index >= 15 is 0 Å². The van der Waals surface area contributed by atoms with Crippen LogP contribution in [0.3, 0.4) is 0 Å². The molecule has 0 aromatic heterocycles. The summed E-state index contributed by atoms with van der Waals surface area (Å²) in [7, 11) is 0. The second kappa shape index (κ2) is 6.08. The molecule has 0 aromatic carbocycles. The Balaban J connectivity index is 2.44. The van der Waals surface area contributed by atoms with Crippen LogP contribution < -0.4 is 16.4 Å². The molecular weight excluding hydrogens is 190 g/mol. The van der Waals surface area contributed by atoms with Gasteiger partial charge in [-0.25, -0.2) is 0 Å². The fourth-order valence-corrected chi connectivity index (χ4v) is 2.23. The molecular formula is C11H23N3O. The van der Waals surface area contributed by atoms with Crippen molar-refractivity contribution in [3.8, 4) is 0 Å². The van der Waals surface area contributed by atoms with Gasteiger partial charge in [-0.2, -0.15) is 0 Å². The van der Waals surface area contributed by atoms with Crippen molar-refractivity contribution in [3.63, 3.8) is 0 Å². The predicted octanol–water partition coefficient (Wildman–Crippen LogP) is 0.374. The molecule has 0 radical (unpaired) electrons. The number of carbonyl (C=O) groups excluding carboxylic acids is 1. The van der Waals surface area contributed by atoms with E-state index in [1.165, 1.54) is 0 Å². The molecule has 0 saturated carbocycles. The molecule has 0 bridgehead atoms. The smallest absolute Gasteiger partial charge is 0.240 e. The van der Waals surface area contributed by atoms with Crippen molar-refractivity contribution in [1.82, 2.24) is 10.6 Å². The van der Waals surface area contributed by atoms with Crippen molar-refractivity contribution in [2.45, 2.75) is 44.6 Å². The minimum absolute atomic E-state index is 0.162. The van der Waals surface area contributed by atoms with Gasteiger partial charge in [-0.15, -0.1) is 0 Å². The van der Waals surface area contributed by atoms with Crippen LogP contribution in [0.4, 0.5) is 0 Å². The van der Waals surface area contributed by atoms with Gasteiger partial charge in [0.15, 0.2) is 0 Å². The van der Waals surface area contributed by atoms with Crippen molar-refractivity contribution >= 4 is 5.91 Å². The third kappa shape index (κ3) is 3.18. The van der Waals surface area contributed by atoms with E-state index < -0.39 is 0 Å². The summed E-state index contributed by atoms with van der Waals surface area (Å²) in [5.41, 5.74) is 5.10. The number of amides is 1. The van der Waals surface area contributed by atoms with E-state index in [0.717, 1.165) is 38.6 Å². The Morgan fingerprint density at radius 1 is 1.60 bits per heavy atom. The molecule has 4 N–H and O–H groups in total. The fourth-order valence-electron chi connectivity index (χ4n) is 2.23. The highest BCUT2D eigenvalue weighted by atomic mass is 16.2. The molecule has 1 unspecified atom stereocenters. The van der Waals surface area contributed by atoms with Crippen LogP contribution in [0.25, 0.3) is 0 Å². The maximum absolute atomic E-state index is 12.0. The summed E-state index contributed by atoms with van der Waals surface area (Å²) in [4.78, 5) is 12.0. The van der Waals surface area contributed by atoms with Crippen molar-refractivity contribution in [2.75, 3.05) is 19.6 Å². The van der Waals surface area contributed by atoms with Crippen molar-refractivity contribution in [2.24, 2.45) is 5.73 Å². The standard InChI is InChI=1S/C11H23N3O/c1-2-5-11(6-3-9-14-11)10(15)13-8-4-7-12/h14H,2-9,12H2,1H3,(H,13,15). The molecule has 1 atom stereocenters. The summed E-state index contributed by atoms with van der Waals surface area (Å²) in [6, 6.07) is 0. The molecule has 1 aliphatic rings. The van der Waals surface area contributed by atoms with Gasteiger partial charge in [0, 0.05) is 6.54 Å². The molecule has 0 aliphatic carbocycles. The lowest BCUT2D eigenvalue weighted by Gasteiger charge is -2.27. The Morgan fingerprint density at radius 2 is 2.40 bits per heavy atom. The number of hydrogen-bond acceptors (Lipinski definition) is 3. The van der Waals surface area contributed by atoms with Crippen LogP contribution in [-0.4, -0.2) is 31.1 Å². The first-order valence-corrected chi connectivity index (χ1v) is 5.98. The van der Waals surface area contributed by atoms with E-state index in [-0.39, 0.29) is 11.4 Å². The van der Waals surface area contributed by atoms with Gasteiger partial charge in [0.05, 0.1) is 5.54 Å². The van der Waals surface area contributed by atoms with Crippen LogP contribution in [0.2, 0.25) is 0 Å². The molecule has 0 spiro atoms. The third-order valence-corrected chi connectivity index (χ3v) is 3.02. The molecule has 0 aromatic rings. The zero-order valence-electron chi connectivity index (χ0n) is 9.64. The van der Waals surface area contributed by atoms with Gasteiger partial charge in [0.2, 0.25) is 5.91 Å². The van der Waals surface area contributed by atoms with Gasteiger partial charge in [-0.3, -0.25) is 4.79 Å². The molecule has 1 heterocycles. The minimum atomic E-state index is -0.288. The molecule has 1 aliphatic heterocycles. The summed E-state index contributed by atoms with van der Waals surface area (Å²) >= 11 is 0. The lowest BCUT2D eigenvalue weighted by Crippen LogP contribution is -2.53. The Kier molecular flexibility index (Phi) is 5.05. The minimum Gasteiger partial charge on any atom is -0.354 e. The number of nitrogens with one attached hydrogen (secondary N) is 2. The first-order chi connectivity index (χ1) is 7.25. The average Bonchev–Trinajstić information content (AvgIpc) is 2.68. The predicted molar refractivity (Wildman–Crippen MR) is 61.6 cm³/mol. The topological polar surface area (TPSA) is 67.2 Å². The summed E-state index contributed by atoms with van der Waals surface area (Å²) in [5, 5.41) is 6.32. The van der Waals surface area contributed by atoms with Crippen molar-refractivity contribution in [1.29, 1.82) is 0 Å². The molecule has 4 nitrogen and oxygen atoms in total. The lowest BCUT2D eigenvalue weighted by molar-refractivity contribution is -0.127. The Bertz CT molecular complexity index is 200. The van der Waals surface area contributed by atoms with Gasteiger partial charge in [-0.1, -0.05) is 13.3 Å². The quantitative estimate of drug-likeness (QED) is 0.559. The molecule has 1 saturated heterocycles. The maximum atomic E-state index is 12.0. The van der Waals surface area contributed by atoms with Crippen LogP contribution >= 0.6 is 0 Å². The van der Waals surface area contributed by atoms with Crippen LogP contribution in [0, 0.1) is 0 Å². The SMILES string of the molecule is CCCC1(C(=O)NCCCN)CCCN1. The highest BCUT2D eigenvalue weighted by Gasteiger charge is 2.39. The first-order valence-electron chi connectivity index (χ1n) is 5.98. The Hall–Kier alpha value is -0.610. The van der Waals surface area contributed by atoms with Crippen LogP contribution in [0.1, 0.15) is 39.0 Å². The highest BCUT2D eigenvalue weighted by molar-refractivity contribution is 5.86. The van der Waals surface area contributed by atoms with Crippen LogP contribution in [0.15, 0.2) is 0 Å². The van der Waals surface area contributed by atoms with Crippen LogP contribution in [-0.2, 0) is 4.79 Å². The number of rotatable bonds is 6. The van der Waals surface area contributed by atoms with Gasteiger partial charge < -0.3 is 16.4 Å². The van der Waals surface area contributed by atoms with E-state index in [1.54, 1.807) is 0 Å². The number of nitrogens with two attached hydrogens (primary N) is 1. The van der Waals surface area contributed by atoms with E-state index in [2.05, 4.69) is 17.6 Å². The fraction of sp³-hybridized carbons (Fsp3) is 0.909. The summed E-state index contributed by atoms with van der Waals surface area (Å²) in [6.07, 6.45) is 4.90. The molecule has 1 amide bonds. The van der Waals surface area contributed by atoms with Gasteiger partial charge in [0.1, 0.15) is 0 Å². The van der Waals surface area contributed by atoms with Crippen LogP contribution in [0.5, 0.6) is 0 Å². The number of hydrogen-bond donors (Lipinski definition) is 3. The zero-order valence-corrected chi connectivity index (χ0v) is 9.64. The van der Waals surface area contributed by atoms with E-state index in [1.807, 2.05) is 0 Å². The first kappa shape index (κ1) is 12.5. The summed E-state index contributed by atoms with van der Waals surface area (Å²) in [5.74, 6) is 0.162. The van der Waals surface area contributed by atoms with Gasteiger partial charge in [-0.05, 0) is 38.8 Å². The second-order valence-corrected chi connectivity index (χ2v) is 4.26. The third-order valence-electron chi connectivity index (χ3n) is 3.02. The van der Waals surface area contributed by atoms with Gasteiger partial charge >= 0.3 is 0 Å². The van der Waals surface area contributed by atoms with Crippen molar-refractivity contribution < 1.29 is 4.79 Å². The van der Waals surface area contributed by atoms with Crippen molar-refractivity contribution in [3.05, 3.63) is 0 Å². The summed E-state index contributed by atoms with van der Waals surface area (Å²) in [6.45, 7) is 4.41. The normalized spacial score (nSPS) is 25.5. The molecule has 88 valence electrons. The average molecular weight is 213 g/mol. The Labute approximate surface area is 92.0 Å². The van der Waals surface area contributed by atoms with E-state index in [9.17, 15) is 4.79 Å². The van der Waals surface area contributed by atoms with E-state index in [4.69, 9.17) is 5.73 Å². The Morgan fingerprint density at radius 3 is 2.93 bits per heavy atom. The monoisotopic (exact) mass is 213 g/mol. The largest absolute Gasteiger partial charge is 0.354 e. The molecule has 1 fully saturated rings. The zero-order chi connectivity index (χ0) is 11.1. The van der Waals surface area contributed by atoms with E-state index in [0.29, 0.717) is 13.1 Å². The lowest BCUT2D eigenvalue weighted by atomic mass is 9.91. The number of carbonyl (C=O) groups is 1. The maximum Gasteiger partial charge on any atom is 0.240 e. The second-order valence-electron chi connectivity index (χ2n) is 4.26. The van der Waals surface area contributed by atoms with Gasteiger partial charge in [0.25, 0.3) is 0 Å². The summed E-state index contributed by atoms with van der Waals surface area (Å²) < 4.78 is 0. The highest BCUT2D eigenvalue weighted by Crippen LogP contribution is 2.24. The molecule has 1 rings (SSSR count). The molecule has 15 heavy (non-hydrogen) atoms. The molecule has 4 heteroatoms.